The van der Waals surface area contributed by atoms with E-state index in [1.54, 1.807) is 0 Å². The van der Waals surface area contributed by atoms with Gasteiger partial charge in [0.15, 0.2) is 11.5 Å². The Balaban J connectivity index is 2.81. The molecule has 0 saturated carbocycles. The van der Waals surface area contributed by atoms with Crippen LogP contribution >= 0.6 is 0 Å². The van der Waals surface area contributed by atoms with Crippen molar-refractivity contribution < 1.29 is 14.6 Å². The van der Waals surface area contributed by atoms with Gasteiger partial charge in [0.05, 0.1) is 13.2 Å². The molecule has 0 aromatic heterocycles. The molecule has 0 aliphatic carbocycles. The van der Waals surface area contributed by atoms with Crippen LogP contribution in [-0.2, 0) is 6.54 Å². The van der Waals surface area contributed by atoms with Gasteiger partial charge in [0.25, 0.3) is 0 Å². The molecule has 4 nitrogen and oxygen atoms in total. The Morgan fingerprint density at radius 3 is 2.75 bits per heavy atom. The minimum absolute atomic E-state index is 0.120. The van der Waals surface area contributed by atoms with Gasteiger partial charge in [0.2, 0.25) is 0 Å². The van der Waals surface area contributed by atoms with Gasteiger partial charge in [-0.25, -0.2) is 0 Å². The molecule has 1 rings (SSSR count). The van der Waals surface area contributed by atoms with Crippen LogP contribution in [-0.4, -0.2) is 24.9 Å². The zero-order valence-corrected chi connectivity index (χ0v) is 9.61. The number of aliphatic hydroxyl groups excluding tert-OH is 1. The summed E-state index contributed by atoms with van der Waals surface area (Å²) in [5.74, 6) is 1.41. The first-order chi connectivity index (χ1) is 7.83. The van der Waals surface area contributed by atoms with Crippen LogP contribution in [0.1, 0.15) is 18.9 Å². The van der Waals surface area contributed by atoms with Crippen molar-refractivity contribution in [3.05, 3.63) is 23.8 Å². The van der Waals surface area contributed by atoms with E-state index in [2.05, 4.69) is 0 Å². The SMILES string of the molecule is CCOc1cccc(CN)c1OCCCO. The van der Waals surface area contributed by atoms with Gasteiger partial charge in [-0.15, -0.1) is 0 Å². The number of hydrogen-bond acceptors (Lipinski definition) is 4. The van der Waals surface area contributed by atoms with Gasteiger partial charge in [-0.2, -0.15) is 0 Å². The third kappa shape index (κ3) is 3.40. The number of nitrogens with two attached hydrogens (primary N) is 1. The number of benzene rings is 1. The zero-order chi connectivity index (χ0) is 11.8. The van der Waals surface area contributed by atoms with Crippen molar-refractivity contribution in [1.29, 1.82) is 0 Å². The second kappa shape index (κ2) is 7.09. The molecule has 0 heterocycles. The van der Waals surface area contributed by atoms with E-state index in [4.69, 9.17) is 20.3 Å². The smallest absolute Gasteiger partial charge is 0.165 e. The van der Waals surface area contributed by atoms with Crippen molar-refractivity contribution in [2.24, 2.45) is 5.73 Å². The molecule has 0 amide bonds. The summed E-state index contributed by atoms with van der Waals surface area (Å²) in [6, 6.07) is 5.67. The van der Waals surface area contributed by atoms with Crippen molar-refractivity contribution in [1.82, 2.24) is 0 Å². The summed E-state index contributed by atoms with van der Waals surface area (Å²) in [5.41, 5.74) is 6.56. The molecule has 16 heavy (non-hydrogen) atoms. The van der Waals surface area contributed by atoms with E-state index in [0.29, 0.717) is 37.7 Å². The second-order valence-corrected chi connectivity index (χ2v) is 3.31. The predicted octanol–water partition coefficient (Wildman–Crippen LogP) is 1.31. The highest BCUT2D eigenvalue weighted by molar-refractivity contribution is 5.46. The fraction of sp³-hybridized carbons (Fsp3) is 0.500. The molecule has 0 fully saturated rings. The average Bonchev–Trinajstić information content (AvgIpc) is 2.31. The van der Waals surface area contributed by atoms with Gasteiger partial charge < -0.3 is 20.3 Å². The van der Waals surface area contributed by atoms with Crippen LogP contribution in [0.3, 0.4) is 0 Å². The maximum atomic E-state index is 8.71. The van der Waals surface area contributed by atoms with E-state index in [1.807, 2.05) is 25.1 Å². The van der Waals surface area contributed by atoms with E-state index in [1.165, 1.54) is 0 Å². The van der Waals surface area contributed by atoms with E-state index in [0.717, 1.165) is 5.56 Å². The standard InChI is InChI=1S/C12H19NO3/c1-2-15-11-6-3-5-10(9-13)12(11)16-8-4-7-14/h3,5-6,14H,2,4,7-9,13H2,1H3. The third-order valence-electron chi connectivity index (χ3n) is 2.13. The Labute approximate surface area is 96.0 Å². The number of aliphatic hydroxyl groups is 1. The van der Waals surface area contributed by atoms with Crippen LogP contribution in [0.15, 0.2) is 18.2 Å². The minimum atomic E-state index is 0.120. The van der Waals surface area contributed by atoms with Crippen LogP contribution in [0.25, 0.3) is 0 Å². The molecule has 0 atom stereocenters. The van der Waals surface area contributed by atoms with Gasteiger partial charge in [-0.1, -0.05) is 12.1 Å². The van der Waals surface area contributed by atoms with Gasteiger partial charge in [-0.05, 0) is 13.0 Å². The Kier molecular flexibility index (Phi) is 5.67. The number of ether oxygens (including phenoxy) is 2. The molecule has 0 unspecified atom stereocenters. The lowest BCUT2D eigenvalue weighted by atomic mass is 10.2. The van der Waals surface area contributed by atoms with Crippen LogP contribution < -0.4 is 15.2 Å². The molecule has 0 aliphatic rings. The highest BCUT2D eigenvalue weighted by atomic mass is 16.5. The summed E-state index contributed by atoms with van der Waals surface area (Å²) in [5, 5.41) is 8.71. The average molecular weight is 225 g/mol. The summed E-state index contributed by atoms with van der Waals surface area (Å²) in [7, 11) is 0. The normalized spacial score (nSPS) is 10.2. The minimum Gasteiger partial charge on any atom is -0.490 e. The van der Waals surface area contributed by atoms with Crippen LogP contribution in [0.2, 0.25) is 0 Å². The Morgan fingerprint density at radius 2 is 2.12 bits per heavy atom. The first-order valence-corrected chi connectivity index (χ1v) is 5.51. The lowest BCUT2D eigenvalue weighted by Gasteiger charge is -2.14. The van der Waals surface area contributed by atoms with E-state index < -0.39 is 0 Å². The summed E-state index contributed by atoms with van der Waals surface area (Å²) < 4.78 is 11.1. The molecule has 0 aliphatic heterocycles. The molecular weight excluding hydrogens is 206 g/mol. The monoisotopic (exact) mass is 225 g/mol. The zero-order valence-electron chi connectivity index (χ0n) is 9.61. The second-order valence-electron chi connectivity index (χ2n) is 3.31. The highest BCUT2D eigenvalue weighted by Crippen LogP contribution is 2.31. The van der Waals surface area contributed by atoms with Crippen LogP contribution in [0.5, 0.6) is 11.5 Å². The van der Waals surface area contributed by atoms with Crippen molar-refractivity contribution >= 4 is 0 Å². The topological polar surface area (TPSA) is 64.7 Å². The summed E-state index contributed by atoms with van der Waals surface area (Å²) in [6.45, 7) is 3.51. The number of para-hydroxylation sites is 1. The molecule has 90 valence electrons. The van der Waals surface area contributed by atoms with E-state index in [9.17, 15) is 0 Å². The fourth-order valence-corrected chi connectivity index (χ4v) is 1.39. The molecule has 0 bridgehead atoms. The summed E-state index contributed by atoms with van der Waals surface area (Å²) >= 11 is 0. The molecule has 0 saturated heterocycles. The van der Waals surface area contributed by atoms with E-state index >= 15 is 0 Å². The fourth-order valence-electron chi connectivity index (χ4n) is 1.39. The van der Waals surface area contributed by atoms with Crippen LogP contribution in [0.4, 0.5) is 0 Å². The molecular formula is C12H19NO3. The predicted molar refractivity (Wildman–Crippen MR) is 62.7 cm³/mol. The molecule has 3 N–H and O–H groups in total. The first-order valence-electron chi connectivity index (χ1n) is 5.51. The van der Waals surface area contributed by atoms with Crippen molar-refractivity contribution in [3.63, 3.8) is 0 Å². The van der Waals surface area contributed by atoms with Gasteiger partial charge in [0, 0.05) is 25.1 Å². The largest absolute Gasteiger partial charge is 0.490 e. The maximum Gasteiger partial charge on any atom is 0.165 e. The van der Waals surface area contributed by atoms with Crippen molar-refractivity contribution in [2.45, 2.75) is 19.9 Å². The summed E-state index contributed by atoms with van der Waals surface area (Å²) in [4.78, 5) is 0. The van der Waals surface area contributed by atoms with Crippen molar-refractivity contribution in [2.75, 3.05) is 19.8 Å². The van der Waals surface area contributed by atoms with Crippen LogP contribution in [0, 0.1) is 0 Å². The summed E-state index contributed by atoms with van der Waals surface area (Å²) in [6.07, 6.45) is 0.602. The lowest BCUT2D eigenvalue weighted by molar-refractivity contribution is 0.223. The molecule has 1 aromatic rings. The van der Waals surface area contributed by atoms with Crippen molar-refractivity contribution in [3.8, 4) is 11.5 Å². The third-order valence-corrected chi connectivity index (χ3v) is 2.13. The number of hydrogen-bond donors (Lipinski definition) is 2. The maximum absolute atomic E-state index is 8.71. The van der Waals surface area contributed by atoms with Gasteiger partial charge in [0.1, 0.15) is 0 Å². The lowest BCUT2D eigenvalue weighted by Crippen LogP contribution is -2.07. The first kappa shape index (κ1) is 12.8. The molecule has 0 radical (unpaired) electrons. The molecule has 4 heteroatoms. The van der Waals surface area contributed by atoms with Gasteiger partial charge in [-0.3, -0.25) is 0 Å². The Hall–Kier alpha value is -1.26. The molecule has 1 aromatic carbocycles. The highest BCUT2D eigenvalue weighted by Gasteiger charge is 2.09. The molecule has 0 spiro atoms. The number of rotatable bonds is 7. The Morgan fingerprint density at radius 1 is 1.31 bits per heavy atom. The van der Waals surface area contributed by atoms with Gasteiger partial charge >= 0.3 is 0 Å². The van der Waals surface area contributed by atoms with E-state index in [-0.39, 0.29) is 6.61 Å². The Bertz CT molecular complexity index is 315. The quantitative estimate of drug-likeness (QED) is 0.687.